The van der Waals surface area contributed by atoms with E-state index in [4.69, 9.17) is 4.79 Å². The van der Waals surface area contributed by atoms with E-state index in [1.165, 1.54) is 7.11 Å². The fraction of sp³-hybridized carbons (Fsp3) is 0.143. The average molecular weight is 144 g/mol. The molecular formula is C7H12O3. The summed E-state index contributed by atoms with van der Waals surface area (Å²) in [6.07, 6.45) is 1.11. The first-order chi connectivity index (χ1) is 4.81. The molecule has 58 valence electrons. The van der Waals surface area contributed by atoms with E-state index < -0.39 is 5.97 Å². The minimum Gasteiger partial charge on any atom is -0.466 e. The molecule has 0 aliphatic carbocycles. The van der Waals surface area contributed by atoms with Crippen LogP contribution in [-0.4, -0.2) is 19.9 Å². The molecule has 0 rings (SSSR count). The Bertz CT molecular complexity index is 86.9. The monoisotopic (exact) mass is 144 g/mol. The van der Waals surface area contributed by atoms with Gasteiger partial charge >= 0.3 is 5.97 Å². The Morgan fingerprint density at radius 3 is 1.70 bits per heavy atom. The molecular weight excluding hydrogens is 132 g/mol. The topological polar surface area (TPSA) is 43.4 Å². The van der Waals surface area contributed by atoms with Gasteiger partial charge in [-0.2, -0.15) is 0 Å². The van der Waals surface area contributed by atoms with Crippen LogP contribution in [0.4, 0.5) is 0 Å². The van der Waals surface area contributed by atoms with Gasteiger partial charge in [-0.05, 0) is 0 Å². The van der Waals surface area contributed by atoms with E-state index in [1.54, 1.807) is 0 Å². The Hall–Kier alpha value is -1.38. The van der Waals surface area contributed by atoms with Crippen molar-refractivity contribution in [3.8, 4) is 0 Å². The van der Waals surface area contributed by atoms with Crippen molar-refractivity contribution < 1.29 is 14.3 Å². The molecule has 0 radical (unpaired) electrons. The highest BCUT2D eigenvalue weighted by Gasteiger charge is 1.81. The molecule has 10 heavy (non-hydrogen) atoms. The van der Waals surface area contributed by atoms with Gasteiger partial charge in [-0.15, -0.1) is 13.2 Å². The molecule has 3 nitrogen and oxygen atoms in total. The predicted octanol–water partition coefficient (Wildman–Crippen LogP) is 0.963. The number of esters is 1. The zero-order chi connectivity index (χ0) is 8.99. The Morgan fingerprint density at radius 1 is 1.40 bits per heavy atom. The van der Waals surface area contributed by atoms with Crippen LogP contribution in [0.3, 0.4) is 0 Å². The van der Waals surface area contributed by atoms with Crippen LogP contribution in [0.25, 0.3) is 0 Å². The van der Waals surface area contributed by atoms with Crippen molar-refractivity contribution in [1.82, 2.24) is 0 Å². The predicted molar refractivity (Wildman–Crippen MR) is 40.6 cm³/mol. The third-order valence-corrected chi connectivity index (χ3v) is 0.368. The van der Waals surface area contributed by atoms with Gasteiger partial charge in [0.15, 0.2) is 0 Å². The van der Waals surface area contributed by atoms with Crippen LogP contribution in [0.5, 0.6) is 0 Å². The molecule has 0 spiro atoms. The summed E-state index contributed by atoms with van der Waals surface area (Å²) in [5, 5.41) is 0. The second-order valence-electron chi connectivity index (χ2n) is 0.727. The molecule has 0 bridgehead atoms. The van der Waals surface area contributed by atoms with E-state index in [-0.39, 0.29) is 0 Å². The average Bonchev–Trinajstić information content (AvgIpc) is 2.10. The second kappa shape index (κ2) is 25.5. The van der Waals surface area contributed by atoms with Gasteiger partial charge in [0.25, 0.3) is 0 Å². The van der Waals surface area contributed by atoms with Gasteiger partial charge in [0.05, 0.1) is 7.11 Å². The molecule has 0 aromatic rings. The van der Waals surface area contributed by atoms with E-state index in [0.717, 1.165) is 6.08 Å². The van der Waals surface area contributed by atoms with Gasteiger partial charge in [-0.1, -0.05) is 6.58 Å². The first-order valence-electron chi connectivity index (χ1n) is 2.30. The summed E-state index contributed by atoms with van der Waals surface area (Å²) in [4.78, 5) is 17.8. The number of rotatable bonds is 1. The van der Waals surface area contributed by atoms with Gasteiger partial charge in [-0.25, -0.2) is 4.79 Å². The molecule has 0 heterocycles. The quantitative estimate of drug-likeness (QED) is 0.313. The van der Waals surface area contributed by atoms with Crippen molar-refractivity contribution in [2.45, 2.75) is 0 Å². The Kier molecular flexibility index (Phi) is 40.4. The maximum absolute atomic E-state index is 9.84. The van der Waals surface area contributed by atoms with Crippen LogP contribution < -0.4 is 0 Å². The van der Waals surface area contributed by atoms with Crippen LogP contribution in [0.2, 0.25) is 0 Å². The third-order valence-electron chi connectivity index (χ3n) is 0.368. The van der Waals surface area contributed by atoms with Crippen LogP contribution in [0, 0.1) is 0 Å². The summed E-state index contributed by atoms with van der Waals surface area (Å²) in [6, 6.07) is 0. The Balaban J connectivity index is -0.000000105. The van der Waals surface area contributed by atoms with Crippen molar-refractivity contribution in [1.29, 1.82) is 0 Å². The SMILES string of the molecule is C=C.C=CC(=O)OC.C=O. The molecule has 0 aromatic carbocycles. The zero-order valence-electron chi connectivity index (χ0n) is 6.13. The molecule has 0 saturated carbocycles. The van der Waals surface area contributed by atoms with Gasteiger partial charge in [-0.3, -0.25) is 0 Å². The van der Waals surface area contributed by atoms with E-state index in [1.807, 2.05) is 6.79 Å². The van der Waals surface area contributed by atoms with Gasteiger partial charge in [0.2, 0.25) is 0 Å². The largest absolute Gasteiger partial charge is 0.466 e. The normalized spacial score (nSPS) is 4.90. The smallest absolute Gasteiger partial charge is 0.329 e. The zero-order valence-corrected chi connectivity index (χ0v) is 6.13. The van der Waals surface area contributed by atoms with Gasteiger partial charge in [0.1, 0.15) is 6.79 Å². The third kappa shape index (κ3) is 30.5. The molecule has 0 unspecified atom stereocenters. The molecule has 0 fully saturated rings. The van der Waals surface area contributed by atoms with Gasteiger partial charge in [0, 0.05) is 6.08 Å². The Morgan fingerprint density at radius 2 is 1.70 bits per heavy atom. The van der Waals surface area contributed by atoms with Crippen molar-refractivity contribution in [3.63, 3.8) is 0 Å². The fourth-order valence-electron chi connectivity index (χ4n) is 0.0833. The van der Waals surface area contributed by atoms with E-state index in [9.17, 15) is 4.79 Å². The van der Waals surface area contributed by atoms with Crippen LogP contribution in [0.1, 0.15) is 0 Å². The van der Waals surface area contributed by atoms with Crippen LogP contribution in [0.15, 0.2) is 25.8 Å². The molecule has 0 atom stereocenters. The van der Waals surface area contributed by atoms with Crippen molar-refractivity contribution in [3.05, 3.63) is 25.8 Å². The van der Waals surface area contributed by atoms with Crippen LogP contribution >= 0.6 is 0 Å². The number of carbonyl (C=O) groups is 2. The lowest BCUT2D eigenvalue weighted by molar-refractivity contribution is -0.134. The molecule has 0 saturated heterocycles. The summed E-state index contributed by atoms with van der Waals surface area (Å²) in [5.41, 5.74) is 0. The second-order valence-corrected chi connectivity index (χ2v) is 0.727. The van der Waals surface area contributed by atoms with E-state index in [2.05, 4.69) is 24.5 Å². The fourth-order valence-corrected chi connectivity index (χ4v) is 0.0833. The van der Waals surface area contributed by atoms with Crippen molar-refractivity contribution in [2.24, 2.45) is 0 Å². The number of hydrogen-bond donors (Lipinski definition) is 0. The summed E-state index contributed by atoms with van der Waals surface area (Å²) < 4.78 is 4.14. The van der Waals surface area contributed by atoms with E-state index >= 15 is 0 Å². The maximum atomic E-state index is 9.84. The maximum Gasteiger partial charge on any atom is 0.329 e. The number of ether oxygens (including phenoxy) is 1. The summed E-state index contributed by atoms with van der Waals surface area (Å²) in [7, 11) is 1.31. The molecule has 0 aliphatic heterocycles. The number of hydrogen-bond acceptors (Lipinski definition) is 3. The minimum absolute atomic E-state index is 0.394. The van der Waals surface area contributed by atoms with Crippen molar-refractivity contribution >= 4 is 12.8 Å². The number of carbonyl (C=O) groups excluding carboxylic acids is 2. The first-order valence-corrected chi connectivity index (χ1v) is 2.30. The summed E-state index contributed by atoms with van der Waals surface area (Å²) in [6.45, 7) is 11.2. The van der Waals surface area contributed by atoms with E-state index in [0.29, 0.717) is 0 Å². The lowest BCUT2D eigenvalue weighted by atomic mass is 10.7. The lowest BCUT2D eigenvalue weighted by Gasteiger charge is -1.83. The molecule has 0 N–H and O–H groups in total. The van der Waals surface area contributed by atoms with Crippen molar-refractivity contribution in [2.75, 3.05) is 7.11 Å². The molecule has 0 amide bonds. The van der Waals surface area contributed by atoms with Gasteiger partial charge < -0.3 is 9.53 Å². The number of methoxy groups -OCH3 is 1. The highest BCUT2D eigenvalue weighted by Crippen LogP contribution is 1.67. The highest BCUT2D eigenvalue weighted by molar-refractivity contribution is 5.80. The van der Waals surface area contributed by atoms with Crippen LogP contribution in [-0.2, 0) is 14.3 Å². The minimum atomic E-state index is -0.394. The molecule has 3 heteroatoms. The first kappa shape index (κ1) is 15.8. The molecule has 0 aromatic heterocycles. The standard InChI is InChI=1S/C4H6O2.C2H4.CH2O/c1-3-4(5)6-2;2*1-2/h3H,1H2,2H3;1-2H2;1H2. The highest BCUT2D eigenvalue weighted by atomic mass is 16.5. The summed E-state index contributed by atoms with van der Waals surface area (Å²) >= 11 is 0. The molecule has 0 aliphatic rings. The Labute approximate surface area is 61.0 Å². The lowest BCUT2D eigenvalue weighted by Crippen LogP contribution is -1.91. The summed E-state index contributed by atoms with van der Waals surface area (Å²) in [5.74, 6) is -0.394.